The molecule has 1 aliphatic rings. The first kappa shape index (κ1) is 15.1. The van der Waals surface area contributed by atoms with Crippen LogP contribution in [0.1, 0.15) is 31.4 Å². The van der Waals surface area contributed by atoms with E-state index in [4.69, 9.17) is 4.74 Å². The molecule has 1 aromatic rings. The first-order valence-electron chi connectivity index (χ1n) is 6.51. The summed E-state index contributed by atoms with van der Waals surface area (Å²) in [5.41, 5.74) is 0.310. The van der Waals surface area contributed by atoms with E-state index in [9.17, 15) is 13.2 Å². The molecule has 1 saturated heterocycles. The van der Waals surface area contributed by atoms with Gasteiger partial charge >= 0.3 is 6.36 Å². The molecule has 1 N–H and O–H groups in total. The van der Waals surface area contributed by atoms with Crippen LogP contribution in [0, 0.1) is 0 Å². The number of hydrogen-bond acceptors (Lipinski definition) is 3. The minimum absolute atomic E-state index is 0.179. The normalized spacial score (nSPS) is 24.6. The number of alkyl halides is 3. The van der Waals surface area contributed by atoms with E-state index in [1.807, 2.05) is 6.92 Å². The van der Waals surface area contributed by atoms with Crippen LogP contribution < -0.4 is 10.1 Å². The molecule has 1 heterocycles. The van der Waals surface area contributed by atoms with Gasteiger partial charge in [-0.05, 0) is 44.5 Å². The Morgan fingerprint density at radius 3 is 2.70 bits per heavy atom. The van der Waals surface area contributed by atoms with Crippen molar-refractivity contribution in [2.75, 3.05) is 13.7 Å². The van der Waals surface area contributed by atoms with E-state index in [0.717, 1.165) is 18.4 Å². The summed E-state index contributed by atoms with van der Waals surface area (Å²) >= 11 is 0. The van der Waals surface area contributed by atoms with E-state index in [0.29, 0.717) is 6.61 Å². The minimum atomic E-state index is -4.68. The van der Waals surface area contributed by atoms with Crippen LogP contribution in [0.25, 0.3) is 0 Å². The first-order valence-corrected chi connectivity index (χ1v) is 6.51. The molecule has 112 valence electrons. The second-order valence-electron chi connectivity index (χ2n) is 5.11. The molecule has 0 bridgehead atoms. The Balaban J connectivity index is 2.24. The summed E-state index contributed by atoms with van der Waals surface area (Å²) in [4.78, 5) is 0. The topological polar surface area (TPSA) is 30.5 Å². The van der Waals surface area contributed by atoms with Gasteiger partial charge < -0.3 is 14.8 Å². The lowest BCUT2D eigenvalue weighted by Gasteiger charge is -2.33. The summed E-state index contributed by atoms with van der Waals surface area (Å²) in [6, 6.07) is 5.85. The van der Waals surface area contributed by atoms with Crippen LogP contribution in [0.5, 0.6) is 5.75 Å². The number of hydrogen-bond donors (Lipinski definition) is 1. The van der Waals surface area contributed by atoms with Crippen molar-refractivity contribution in [2.24, 2.45) is 0 Å². The second-order valence-corrected chi connectivity index (χ2v) is 5.11. The molecule has 0 saturated carbocycles. The van der Waals surface area contributed by atoms with Crippen molar-refractivity contribution in [1.29, 1.82) is 0 Å². The van der Waals surface area contributed by atoms with Crippen LogP contribution in [-0.2, 0) is 4.74 Å². The van der Waals surface area contributed by atoms with Crippen LogP contribution in [-0.4, -0.2) is 25.6 Å². The maximum atomic E-state index is 12.3. The lowest BCUT2D eigenvalue weighted by molar-refractivity contribution is -0.274. The molecule has 0 radical (unpaired) electrons. The molecule has 1 aromatic carbocycles. The number of benzene rings is 1. The van der Waals surface area contributed by atoms with Gasteiger partial charge in [-0.3, -0.25) is 0 Å². The molecule has 0 spiro atoms. The van der Waals surface area contributed by atoms with E-state index in [2.05, 4.69) is 10.1 Å². The Morgan fingerprint density at radius 2 is 2.15 bits per heavy atom. The number of halogens is 3. The smallest absolute Gasteiger partial charge is 0.406 e. The van der Waals surface area contributed by atoms with Gasteiger partial charge in [0.15, 0.2) is 0 Å². The third-order valence-corrected chi connectivity index (χ3v) is 3.57. The van der Waals surface area contributed by atoms with Crippen LogP contribution in [0.4, 0.5) is 13.2 Å². The second kappa shape index (κ2) is 5.61. The Kier molecular flexibility index (Phi) is 4.25. The number of nitrogens with one attached hydrogen (secondary N) is 1. The van der Waals surface area contributed by atoms with Crippen molar-refractivity contribution in [1.82, 2.24) is 5.32 Å². The molecule has 0 aromatic heterocycles. The quantitative estimate of drug-likeness (QED) is 0.921. The molecule has 1 fully saturated rings. The van der Waals surface area contributed by atoms with Gasteiger partial charge in [0, 0.05) is 6.61 Å². The monoisotopic (exact) mass is 289 g/mol. The van der Waals surface area contributed by atoms with Gasteiger partial charge in [-0.15, -0.1) is 13.2 Å². The van der Waals surface area contributed by atoms with Crippen LogP contribution >= 0.6 is 0 Å². The molecule has 0 amide bonds. The van der Waals surface area contributed by atoms with Gasteiger partial charge in [-0.1, -0.05) is 12.1 Å². The summed E-state index contributed by atoms with van der Waals surface area (Å²) in [6.45, 7) is 2.64. The van der Waals surface area contributed by atoms with Crippen LogP contribution in [0.15, 0.2) is 24.3 Å². The molecule has 2 atom stereocenters. The predicted molar refractivity (Wildman–Crippen MR) is 68.5 cm³/mol. The molecule has 2 rings (SSSR count). The number of rotatable bonds is 4. The van der Waals surface area contributed by atoms with Gasteiger partial charge in [0.25, 0.3) is 0 Å². The maximum Gasteiger partial charge on any atom is 0.573 e. The van der Waals surface area contributed by atoms with Gasteiger partial charge in [0.05, 0.1) is 11.6 Å². The van der Waals surface area contributed by atoms with Crippen molar-refractivity contribution < 1.29 is 22.6 Å². The highest BCUT2D eigenvalue weighted by Gasteiger charge is 2.39. The zero-order valence-corrected chi connectivity index (χ0v) is 11.5. The van der Waals surface area contributed by atoms with E-state index in [1.165, 1.54) is 12.1 Å². The fourth-order valence-electron chi connectivity index (χ4n) is 2.74. The molecule has 3 nitrogen and oxygen atoms in total. The highest BCUT2D eigenvalue weighted by molar-refractivity contribution is 5.32. The predicted octanol–water partition coefficient (Wildman–Crippen LogP) is 3.41. The molecule has 0 aliphatic carbocycles. The van der Waals surface area contributed by atoms with E-state index in [1.54, 1.807) is 19.2 Å². The first-order chi connectivity index (χ1) is 9.34. The molecular weight excluding hydrogens is 271 g/mol. The number of likely N-dealkylation sites (N-methyl/N-ethyl adjacent to an activating group) is 1. The molecule has 2 unspecified atom stereocenters. The summed E-state index contributed by atoms with van der Waals surface area (Å²) in [5.74, 6) is -0.211. The maximum absolute atomic E-state index is 12.3. The van der Waals surface area contributed by atoms with E-state index in [-0.39, 0.29) is 11.8 Å². The largest absolute Gasteiger partial charge is 0.573 e. The third-order valence-electron chi connectivity index (χ3n) is 3.57. The van der Waals surface area contributed by atoms with Crippen molar-refractivity contribution in [3.8, 4) is 5.75 Å². The molecule has 1 aliphatic heterocycles. The average molecular weight is 289 g/mol. The van der Waals surface area contributed by atoms with Crippen molar-refractivity contribution >= 4 is 0 Å². The standard InChI is InChI=1S/C14H18F3NO2/c1-13(7-4-8-19-13)12(18-2)10-5-3-6-11(9-10)20-14(15,16)17/h3,5-6,9,12,18H,4,7-8H2,1-2H3. The average Bonchev–Trinajstić information content (AvgIpc) is 2.76. The number of ether oxygens (including phenoxy) is 2. The third kappa shape index (κ3) is 3.43. The van der Waals surface area contributed by atoms with Crippen molar-refractivity contribution in [3.63, 3.8) is 0 Å². The highest BCUT2D eigenvalue weighted by atomic mass is 19.4. The lowest BCUT2D eigenvalue weighted by Crippen LogP contribution is -2.39. The summed E-state index contributed by atoms with van der Waals surface area (Å²) in [6.07, 6.45) is -2.86. The molecular formula is C14H18F3NO2. The summed E-state index contributed by atoms with van der Waals surface area (Å²) in [5, 5.41) is 3.13. The Hall–Kier alpha value is -1.27. The van der Waals surface area contributed by atoms with Crippen LogP contribution in [0.3, 0.4) is 0 Å². The van der Waals surface area contributed by atoms with E-state index >= 15 is 0 Å². The molecule has 6 heteroatoms. The van der Waals surface area contributed by atoms with Crippen LogP contribution in [0.2, 0.25) is 0 Å². The molecule has 20 heavy (non-hydrogen) atoms. The van der Waals surface area contributed by atoms with Crippen molar-refractivity contribution in [3.05, 3.63) is 29.8 Å². The van der Waals surface area contributed by atoms with Gasteiger partial charge in [0.1, 0.15) is 5.75 Å². The fourth-order valence-corrected chi connectivity index (χ4v) is 2.74. The van der Waals surface area contributed by atoms with Gasteiger partial charge in [-0.2, -0.15) is 0 Å². The Morgan fingerprint density at radius 1 is 1.40 bits per heavy atom. The minimum Gasteiger partial charge on any atom is -0.406 e. The zero-order valence-electron chi connectivity index (χ0n) is 11.5. The zero-order chi connectivity index (χ0) is 14.8. The summed E-state index contributed by atoms with van der Waals surface area (Å²) in [7, 11) is 1.77. The summed E-state index contributed by atoms with van der Waals surface area (Å²) < 4.78 is 46.5. The van der Waals surface area contributed by atoms with Crippen molar-refractivity contribution in [2.45, 2.75) is 37.8 Å². The Labute approximate surface area is 116 Å². The SMILES string of the molecule is CNC(c1cccc(OC(F)(F)F)c1)C1(C)CCCO1. The van der Waals surface area contributed by atoms with E-state index < -0.39 is 12.0 Å². The lowest BCUT2D eigenvalue weighted by atomic mass is 9.88. The van der Waals surface area contributed by atoms with Gasteiger partial charge in [0.2, 0.25) is 0 Å². The van der Waals surface area contributed by atoms with Gasteiger partial charge in [-0.25, -0.2) is 0 Å². The Bertz CT molecular complexity index is 456. The fraction of sp³-hybridized carbons (Fsp3) is 0.571. The highest BCUT2D eigenvalue weighted by Crippen LogP contribution is 2.38.